The predicted octanol–water partition coefficient (Wildman–Crippen LogP) is 3.72. The van der Waals surface area contributed by atoms with Crippen LogP contribution < -0.4 is 0 Å². The first-order chi connectivity index (χ1) is 5.58. The van der Waals surface area contributed by atoms with E-state index < -0.39 is 13.3 Å². The van der Waals surface area contributed by atoms with Gasteiger partial charge in [-0.25, -0.2) is 0 Å². The molecule has 0 heterocycles. The van der Waals surface area contributed by atoms with Crippen LogP contribution in [0.5, 0.6) is 0 Å². The van der Waals surface area contributed by atoms with Gasteiger partial charge in [0.15, 0.2) is 0 Å². The summed E-state index contributed by atoms with van der Waals surface area (Å²) in [6, 6.07) is 0. The van der Waals surface area contributed by atoms with Crippen molar-refractivity contribution < 1.29 is 12.9 Å². The van der Waals surface area contributed by atoms with E-state index in [0.717, 1.165) is 31.3 Å². The van der Waals surface area contributed by atoms with Crippen LogP contribution in [0, 0.1) is 0 Å². The lowest BCUT2D eigenvalue weighted by Crippen LogP contribution is -2.14. The summed E-state index contributed by atoms with van der Waals surface area (Å²) >= 11 is 0. The summed E-state index contributed by atoms with van der Waals surface area (Å²) in [5.41, 5.74) is 1.01. The first kappa shape index (κ1) is 9.68. The van der Waals surface area contributed by atoms with E-state index >= 15 is 0 Å². The molecular weight excluding hydrogens is 164 g/mol. The van der Waals surface area contributed by atoms with Crippen molar-refractivity contribution in [3.8, 4) is 0 Å². The molecule has 0 aliphatic heterocycles. The van der Waals surface area contributed by atoms with Gasteiger partial charge >= 0.3 is 6.98 Å². The van der Waals surface area contributed by atoms with Crippen molar-refractivity contribution in [3.63, 3.8) is 0 Å². The minimum Gasteiger partial charge on any atom is -0.449 e. The minimum atomic E-state index is -4.57. The molecule has 0 amide bonds. The second-order valence-electron chi connectivity index (χ2n) is 3.36. The smallest absolute Gasteiger partial charge is 0.449 e. The average Bonchev–Trinajstić information content (AvgIpc) is 2.02. The minimum absolute atomic E-state index is 0.240. The third-order valence-corrected chi connectivity index (χ3v) is 2.18. The summed E-state index contributed by atoms with van der Waals surface area (Å²) in [5, 5.41) is 0. The maximum absolute atomic E-state index is 11.8. The molecule has 0 saturated carbocycles. The van der Waals surface area contributed by atoms with Crippen molar-refractivity contribution in [1.82, 2.24) is 0 Å². The molecule has 0 N–H and O–H groups in total. The van der Waals surface area contributed by atoms with E-state index in [2.05, 4.69) is 0 Å². The van der Waals surface area contributed by atoms with E-state index in [-0.39, 0.29) is 6.42 Å². The largest absolute Gasteiger partial charge is 0.478 e. The third-order valence-electron chi connectivity index (χ3n) is 2.18. The normalized spacial score (nSPS) is 19.1. The summed E-state index contributed by atoms with van der Waals surface area (Å²) in [7, 11) is 0. The summed E-state index contributed by atoms with van der Waals surface area (Å²) < 4.78 is 35.5. The maximum atomic E-state index is 11.8. The Kier molecular flexibility index (Phi) is 3.24. The zero-order chi connectivity index (χ0) is 9.03. The zero-order valence-corrected chi connectivity index (χ0v) is 7.03. The van der Waals surface area contributed by atoms with E-state index in [0.29, 0.717) is 0 Å². The van der Waals surface area contributed by atoms with Gasteiger partial charge in [0.25, 0.3) is 0 Å². The number of halogens is 3. The van der Waals surface area contributed by atoms with Gasteiger partial charge in [-0.15, -0.1) is 0 Å². The van der Waals surface area contributed by atoms with Crippen LogP contribution in [0.3, 0.4) is 0 Å². The lowest BCUT2D eigenvalue weighted by Gasteiger charge is -2.17. The van der Waals surface area contributed by atoms with Gasteiger partial charge in [0.2, 0.25) is 0 Å². The molecule has 4 heteroatoms. The average molecular weight is 177 g/mol. The molecule has 1 aliphatic carbocycles. The Labute approximate surface area is 70.9 Å². The first-order valence-corrected chi connectivity index (χ1v) is 4.47. The molecule has 0 atom stereocenters. The first-order valence-electron chi connectivity index (χ1n) is 4.47. The molecule has 70 valence electrons. The molecule has 12 heavy (non-hydrogen) atoms. The molecule has 1 aliphatic rings. The second kappa shape index (κ2) is 4.01. The topological polar surface area (TPSA) is 0 Å². The molecule has 0 spiro atoms. The maximum Gasteiger partial charge on any atom is 0.478 e. The van der Waals surface area contributed by atoms with Gasteiger partial charge in [-0.1, -0.05) is 24.4 Å². The van der Waals surface area contributed by atoms with Crippen LogP contribution in [0.2, 0.25) is 6.32 Å². The Hall–Kier alpha value is -0.405. The van der Waals surface area contributed by atoms with Gasteiger partial charge in [-0.3, -0.25) is 0 Å². The molecule has 0 radical (unpaired) electrons. The van der Waals surface area contributed by atoms with Crippen LogP contribution in [0.4, 0.5) is 12.9 Å². The fraction of sp³-hybridized carbons (Fsp3) is 0.750. The lowest BCUT2D eigenvalue weighted by atomic mass is 9.80. The van der Waals surface area contributed by atoms with Gasteiger partial charge in [0.1, 0.15) is 0 Å². The van der Waals surface area contributed by atoms with Crippen molar-refractivity contribution >= 4 is 6.98 Å². The van der Waals surface area contributed by atoms with E-state index in [1.165, 1.54) is 0 Å². The second-order valence-corrected chi connectivity index (χ2v) is 3.36. The Balaban J connectivity index is 2.26. The van der Waals surface area contributed by atoms with Crippen LogP contribution >= 0.6 is 0 Å². The fourth-order valence-electron chi connectivity index (χ4n) is 1.48. The Morgan fingerprint density at radius 1 is 1.25 bits per heavy atom. The van der Waals surface area contributed by atoms with Crippen LogP contribution in [0.15, 0.2) is 11.6 Å². The molecule has 1 rings (SSSR count). The molecule has 0 fully saturated rings. The Morgan fingerprint density at radius 2 is 2.00 bits per heavy atom. The lowest BCUT2D eigenvalue weighted by molar-refractivity contribution is 0.466. The number of rotatable bonds is 3. The van der Waals surface area contributed by atoms with E-state index in [9.17, 15) is 12.9 Å². The van der Waals surface area contributed by atoms with Crippen molar-refractivity contribution in [2.24, 2.45) is 0 Å². The number of allylic oxidation sites excluding steroid dienone is 2. The molecule has 0 bridgehead atoms. The predicted molar refractivity (Wildman–Crippen MR) is 45.1 cm³/mol. The van der Waals surface area contributed by atoms with E-state index in [4.69, 9.17) is 0 Å². The molecular formula is C8H13BF3-. The fourth-order valence-corrected chi connectivity index (χ4v) is 1.48. The van der Waals surface area contributed by atoms with Crippen molar-refractivity contribution in [2.75, 3.05) is 0 Å². The summed E-state index contributed by atoms with van der Waals surface area (Å²) in [5.74, 6) is 0. The van der Waals surface area contributed by atoms with Crippen molar-refractivity contribution in [1.29, 1.82) is 0 Å². The zero-order valence-electron chi connectivity index (χ0n) is 7.03. The quantitative estimate of drug-likeness (QED) is 0.455. The summed E-state index contributed by atoms with van der Waals surface area (Å²) in [6.07, 6.45) is 5.68. The molecule has 0 saturated heterocycles. The molecule has 0 aromatic carbocycles. The highest BCUT2D eigenvalue weighted by molar-refractivity contribution is 6.58. The van der Waals surface area contributed by atoms with Crippen LogP contribution in [-0.2, 0) is 0 Å². The number of hydrogen-bond donors (Lipinski definition) is 0. The van der Waals surface area contributed by atoms with E-state index in [1.54, 1.807) is 0 Å². The monoisotopic (exact) mass is 177 g/mol. The van der Waals surface area contributed by atoms with Crippen LogP contribution in [-0.4, -0.2) is 6.98 Å². The van der Waals surface area contributed by atoms with Gasteiger partial charge in [0, 0.05) is 0 Å². The van der Waals surface area contributed by atoms with Crippen LogP contribution in [0.25, 0.3) is 0 Å². The van der Waals surface area contributed by atoms with Crippen molar-refractivity contribution in [2.45, 2.75) is 38.4 Å². The molecule has 0 nitrogen and oxygen atoms in total. The molecule has 0 aromatic heterocycles. The van der Waals surface area contributed by atoms with Crippen molar-refractivity contribution in [3.05, 3.63) is 11.6 Å². The SMILES string of the molecule is F[B-](F)(F)CCC1=CCCCC1. The highest BCUT2D eigenvalue weighted by Crippen LogP contribution is 2.26. The summed E-state index contributed by atoms with van der Waals surface area (Å²) in [6.45, 7) is -4.57. The highest BCUT2D eigenvalue weighted by atomic mass is 19.4. The van der Waals surface area contributed by atoms with Gasteiger partial charge in [-0.05, 0) is 25.7 Å². The Morgan fingerprint density at radius 3 is 2.50 bits per heavy atom. The van der Waals surface area contributed by atoms with Gasteiger partial charge < -0.3 is 12.9 Å². The van der Waals surface area contributed by atoms with Crippen LogP contribution in [0.1, 0.15) is 32.1 Å². The van der Waals surface area contributed by atoms with Gasteiger partial charge in [0.05, 0.1) is 0 Å². The molecule has 0 unspecified atom stereocenters. The van der Waals surface area contributed by atoms with E-state index in [1.807, 2.05) is 6.08 Å². The third kappa shape index (κ3) is 3.84. The standard InChI is InChI=1S/C8H13BF3/c10-9(11,12)7-6-8-4-2-1-3-5-8/h4H,1-3,5-7H2/q-1. The highest BCUT2D eigenvalue weighted by Gasteiger charge is 2.22. The summed E-state index contributed by atoms with van der Waals surface area (Å²) in [4.78, 5) is 0. The number of hydrogen-bond acceptors (Lipinski definition) is 0. The van der Waals surface area contributed by atoms with Gasteiger partial charge in [-0.2, -0.15) is 0 Å². The Bertz CT molecular complexity index is 172. The molecule has 0 aromatic rings.